The Morgan fingerprint density at radius 1 is 1.18 bits per heavy atom. The number of aryl methyl sites for hydroxylation is 1. The number of rotatable bonds is 9. The molecule has 0 bridgehead atoms. The SMILES string of the molecule is CCCCc1ccc(NC(=O)CN(c2ccc(OC)c(Cl)c2)S(C)(=O)=O)cc1. The van der Waals surface area contributed by atoms with Crippen LogP contribution in [0.2, 0.25) is 5.02 Å². The van der Waals surface area contributed by atoms with Crippen molar-refractivity contribution in [3.63, 3.8) is 0 Å². The number of carbonyl (C=O) groups excluding carboxylic acids is 1. The van der Waals surface area contributed by atoms with E-state index in [0.29, 0.717) is 17.1 Å². The molecule has 0 atom stereocenters. The molecule has 8 heteroatoms. The summed E-state index contributed by atoms with van der Waals surface area (Å²) in [7, 11) is -2.22. The molecule has 0 heterocycles. The molecule has 0 aliphatic carbocycles. The second kappa shape index (κ2) is 9.80. The maximum absolute atomic E-state index is 12.4. The fraction of sp³-hybridized carbons (Fsp3) is 0.350. The van der Waals surface area contributed by atoms with E-state index in [1.165, 1.54) is 18.7 Å². The van der Waals surface area contributed by atoms with Crippen molar-refractivity contribution in [2.75, 3.05) is 29.5 Å². The Balaban J connectivity index is 2.12. The number of benzene rings is 2. The summed E-state index contributed by atoms with van der Waals surface area (Å²) in [5.41, 5.74) is 2.11. The molecule has 28 heavy (non-hydrogen) atoms. The molecule has 0 aromatic heterocycles. The van der Waals surface area contributed by atoms with E-state index >= 15 is 0 Å². The van der Waals surface area contributed by atoms with Gasteiger partial charge in [-0.1, -0.05) is 37.1 Å². The Bertz CT molecular complexity index is 914. The van der Waals surface area contributed by atoms with Gasteiger partial charge in [0, 0.05) is 5.69 Å². The van der Waals surface area contributed by atoms with Crippen LogP contribution in [0.15, 0.2) is 42.5 Å². The zero-order valence-electron chi connectivity index (χ0n) is 16.2. The summed E-state index contributed by atoms with van der Waals surface area (Å²) < 4.78 is 30.5. The topological polar surface area (TPSA) is 75.7 Å². The number of methoxy groups -OCH3 is 1. The summed E-state index contributed by atoms with van der Waals surface area (Å²) in [5.74, 6) is -0.0230. The third kappa shape index (κ3) is 6.14. The maximum atomic E-state index is 12.4. The minimum absolute atomic E-state index is 0.261. The molecule has 0 spiro atoms. The molecule has 2 rings (SSSR count). The summed E-state index contributed by atoms with van der Waals surface area (Å²) in [6.07, 6.45) is 4.26. The lowest BCUT2D eigenvalue weighted by Gasteiger charge is -2.22. The van der Waals surface area contributed by atoms with Gasteiger partial charge in [0.2, 0.25) is 15.9 Å². The predicted molar refractivity (Wildman–Crippen MR) is 114 cm³/mol. The van der Waals surface area contributed by atoms with Crippen LogP contribution in [0, 0.1) is 0 Å². The van der Waals surface area contributed by atoms with Crippen LogP contribution < -0.4 is 14.4 Å². The van der Waals surface area contributed by atoms with Crippen molar-refractivity contribution in [2.24, 2.45) is 0 Å². The van der Waals surface area contributed by atoms with Gasteiger partial charge in [-0.3, -0.25) is 9.10 Å². The van der Waals surface area contributed by atoms with E-state index in [0.717, 1.165) is 29.8 Å². The van der Waals surface area contributed by atoms with Gasteiger partial charge in [-0.05, 0) is 48.7 Å². The molecule has 2 aromatic rings. The van der Waals surface area contributed by atoms with Crippen LogP contribution in [-0.4, -0.2) is 34.2 Å². The first-order valence-electron chi connectivity index (χ1n) is 8.94. The zero-order chi connectivity index (χ0) is 20.7. The molecule has 0 unspecified atom stereocenters. The largest absolute Gasteiger partial charge is 0.495 e. The van der Waals surface area contributed by atoms with Gasteiger partial charge in [-0.15, -0.1) is 0 Å². The van der Waals surface area contributed by atoms with Crippen LogP contribution >= 0.6 is 11.6 Å². The van der Waals surface area contributed by atoms with E-state index in [9.17, 15) is 13.2 Å². The molecule has 1 amide bonds. The number of amides is 1. The van der Waals surface area contributed by atoms with E-state index in [2.05, 4.69) is 12.2 Å². The number of hydrogen-bond donors (Lipinski definition) is 1. The number of nitrogens with one attached hydrogen (secondary N) is 1. The number of ether oxygens (including phenoxy) is 1. The molecule has 0 aliphatic rings. The molecule has 152 valence electrons. The second-order valence-corrected chi connectivity index (χ2v) is 8.75. The van der Waals surface area contributed by atoms with Crippen LogP contribution in [0.25, 0.3) is 0 Å². The van der Waals surface area contributed by atoms with Gasteiger partial charge in [0.15, 0.2) is 0 Å². The van der Waals surface area contributed by atoms with Gasteiger partial charge in [-0.25, -0.2) is 8.42 Å². The summed E-state index contributed by atoms with van der Waals surface area (Å²) in [6.45, 7) is 1.77. The van der Waals surface area contributed by atoms with E-state index in [4.69, 9.17) is 16.3 Å². The molecular weight excluding hydrogens is 400 g/mol. The smallest absolute Gasteiger partial charge is 0.245 e. The van der Waals surface area contributed by atoms with Gasteiger partial charge in [0.25, 0.3) is 0 Å². The average molecular weight is 425 g/mol. The number of anilines is 2. The fourth-order valence-corrected chi connectivity index (χ4v) is 3.78. The first-order valence-corrected chi connectivity index (χ1v) is 11.2. The fourth-order valence-electron chi connectivity index (χ4n) is 2.68. The first kappa shape index (κ1) is 22.0. The van der Waals surface area contributed by atoms with Gasteiger partial charge >= 0.3 is 0 Å². The minimum atomic E-state index is -3.69. The van der Waals surface area contributed by atoms with E-state index in [-0.39, 0.29) is 11.6 Å². The summed E-state index contributed by atoms with van der Waals surface area (Å²) in [4.78, 5) is 12.4. The average Bonchev–Trinajstić information content (AvgIpc) is 2.64. The highest BCUT2D eigenvalue weighted by molar-refractivity contribution is 7.92. The number of unbranched alkanes of at least 4 members (excludes halogenated alkanes) is 1. The standard InChI is InChI=1S/C20H25ClN2O4S/c1-4-5-6-15-7-9-16(10-8-15)22-20(24)14-23(28(3,25)26)17-11-12-19(27-2)18(21)13-17/h7-13H,4-6,14H2,1-3H3,(H,22,24). The Kier molecular flexibility index (Phi) is 7.71. The molecule has 1 N–H and O–H groups in total. The van der Waals surface area contributed by atoms with Crippen molar-refractivity contribution in [2.45, 2.75) is 26.2 Å². The van der Waals surface area contributed by atoms with Crippen LogP contribution in [0.1, 0.15) is 25.3 Å². The van der Waals surface area contributed by atoms with Crippen molar-refractivity contribution < 1.29 is 17.9 Å². The molecule has 0 fully saturated rings. The molecule has 2 aromatic carbocycles. The lowest BCUT2D eigenvalue weighted by atomic mass is 10.1. The Morgan fingerprint density at radius 3 is 2.39 bits per heavy atom. The predicted octanol–water partition coefficient (Wildman–Crippen LogP) is 4.10. The van der Waals surface area contributed by atoms with Gasteiger partial charge in [-0.2, -0.15) is 0 Å². The normalized spacial score (nSPS) is 11.1. The molecular formula is C20H25ClN2O4S. The van der Waals surface area contributed by atoms with Crippen molar-refractivity contribution in [1.29, 1.82) is 0 Å². The summed E-state index contributed by atoms with van der Waals surface area (Å²) in [6, 6.07) is 12.1. The van der Waals surface area contributed by atoms with E-state index in [1.54, 1.807) is 12.1 Å². The first-order chi connectivity index (χ1) is 13.2. The summed E-state index contributed by atoms with van der Waals surface area (Å²) in [5, 5.41) is 2.99. The van der Waals surface area contributed by atoms with Crippen molar-refractivity contribution in [1.82, 2.24) is 0 Å². The van der Waals surface area contributed by atoms with Crippen LogP contribution in [-0.2, 0) is 21.2 Å². The van der Waals surface area contributed by atoms with Crippen LogP contribution in [0.5, 0.6) is 5.75 Å². The molecule has 0 saturated heterocycles. The number of halogens is 1. The summed E-state index contributed by atoms with van der Waals surface area (Å²) >= 11 is 6.09. The Labute approximate surface area is 171 Å². The lowest BCUT2D eigenvalue weighted by molar-refractivity contribution is -0.114. The zero-order valence-corrected chi connectivity index (χ0v) is 17.8. The van der Waals surface area contributed by atoms with Gasteiger partial charge in [0.1, 0.15) is 12.3 Å². The van der Waals surface area contributed by atoms with Crippen molar-refractivity contribution in [3.8, 4) is 5.75 Å². The van der Waals surface area contributed by atoms with Crippen molar-refractivity contribution in [3.05, 3.63) is 53.1 Å². The van der Waals surface area contributed by atoms with Crippen molar-refractivity contribution >= 4 is 38.9 Å². The molecule has 0 radical (unpaired) electrons. The van der Waals surface area contributed by atoms with Gasteiger partial charge < -0.3 is 10.1 Å². The van der Waals surface area contributed by atoms with Crippen LogP contribution in [0.4, 0.5) is 11.4 Å². The third-order valence-electron chi connectivity index (χ3n) is 4.17. The highest BCUT2D eigenvalue weighted by Gasteiger charge is 2.22. The highest BCUT2D eigenvalue weighted by atomic mass is 35.5. The van der Waals surface area contributed by atoms with E-state index < -0.39 is 15.9 Å². The quantitative estimate of drug-likeness (QED) is 0.657. The number of sulfonamides is 1. The number of carbonyl (C=O) groups is 1. The third-order valence-corrected chi connectivity index (χ3v) is 5.60. The molecule has 6 nitrogen and oxygen atoms in total. The molecule has 0 saturated carbocycles. The van der Waals surface area contributed by atoms with Crippen LogP contribution in [0.3, 0.4) is 0 Å². The van der Waals surface area contributed by atoms with Gasteiger partial charge in [0.05, 0.1) is 24.1 Å². The number of nitrogens with zero attached hydrogens (tertiary/aromatic N) is 1. The van der Waals surface area contributed by atoms with E-state index in [1.807, 2.05) is 24.3 Å². The maximum Gasteiger partial charge on any atom is 0.245 e. The minimum Gasteiger partial charge on any atom is -0.495 e. The second-order valence-electron chi connectivity index (χ2n) is 6.44. The molecule has 0 aliphatic heterocycles. The Morgan fingerprint density at radius 2 is 1.86 bits per heavy atom. The lowest BCUT2D eigenvalue weighted by Crippen LogP contribution is -2.37. The number of hydrogen-bond acceptors (Lipinski definition) is 4. The monoisotopic (exact) mass is 424 g/mol. The Hall–Kier alpha value is -2.25. The highest BCUT2D eigenvalue weighted by Crippen LogP contribution is 2.30.